The number of aromatic nitrogens is 4. The van der Waals surface area contributed by atoms with Crippen LogP contribution in [0.25, 0.3) is 21.9 Å². The van der Waals surface area contributed by atoms with Crippen LogP contribution in [-0.2, 0) is 6.18 Å². The normalized spacial score (nSPS) is 11.7. The predicted molar refractivity (Wildman–Crippen MR) is 115 cm³/mol. The average Bonchev–Trinajstić information content (AvgIpc) is 3.49. The summed E-state index contributed by atoms with van der Waals surface area (Å²) in [4.78, 5) is 18.0. The molecule has 0 aliphatic rings. The molecule has 0 aliphatic heterocycles. The molecule has 2 aromatic carbocycles. The predicted octanol–water partition coefficient (Wildman–Crippen LogP) is 5.52. The van der Waals surface area contributed by atoms with Crippen LogP contribution in [0.1, 0.15) is 16.1 Å². The summed E-state index contributed by atoms with van der Waals surface area (Å²) in [5.74, 6) is -0.894. The summed E-state index contributed by atoms with van der Waals surface area (Å²) in [6.07, 6.45) is -0.0554. The number of nitrogens with zero attached hydrogens (tertiary/aromatic N) is 4. The third-order valence-corrected chi connectivity index (χ3v) is 5.59. The first-order valence-electron chi connectivity index (χ1n) is 9.45. The highest BCUT2D eigenvalue weighted by molar-refractivity contribution is 7.15. The Hall–Kier alpha value is -3.92. The van der Waals surface area contributed by atoms with Gasteiger partial charge in [0.15, 0.2) is 10.7 Å². The van der Waals surface area contributed by atoms with E-state index in [1.165, 1.54) is 23.5 Å². The SMILES string of the molecule is O=C(Nc1ccc(-c2cn3ccsc3n2)cc1)c1cnn(-c2ccccc2)c1C(F)(F)F. The maximum atomic E-state index is 13.8. The Bertz CT molecular complexity index is 1370. The molecule has 5 rings (SSSR count). The maximum absolute atomic E-state index is 13.8. The molecule has 3 aromatic heterocycles. The van der Waals surface area contributed by atoms with E-state index in [0.717, 1.165) is 27.1 Å². The van der Waals surface area contributed by atoms with E-state index < -0.39 is 23.3 Å². The first-order valence-corrected chi connectivity index (χ1v) is 10.3. The van der Waals surface area contributed by atoms with Crippen molar-refractivity contribution in [3.63, 3.8) is 0 Å². The number of amides is 1. The zero-order valence-electron chi connectivity index (χ0n) is 16.2. The van der Waals surface area contributed by atoms with Crippen molar-refractivity contribution in [2.24, 2.45) is 0 Å². The second-order valence-electron chi connectivity index (χ2n) is 6.90. The van der Waals surface area contributed by atoms with Gasteiger partial charge in [-0.1, -0.05) is 30.3 Å². The average molecular weight is 453 g/mol. The number of carbonyl (C=O) groups excluding carboxylic acids is 1. The lowest BCUT2D eigenvalue weighted by Gasteiger charge is -2.13. The molecule has 0 saturated heterocycles. The van der Waals surface area contributed by atoms with Crippen molar-refractivity contribution in [3.05, 3.63) is 89.8 Å². The van der Waals surface area contributed by atoms with Crippen LogP contribution in [-0.4, -0.2) is 25.1 Å². The number of imidazole rings is 1. The highest BCUT2D eigenvalue weighted by Crippen LogP contribution is 2.34. The van der Waals surface area contributed by atoms with Crippen molar-refractivity contribution in [1.29, 1.82) is 0 Å². The largest absolute Gasteiger partial charge is 0.434 e. The van der Waals surface area contributed by atoms with E-state index in [1.54, 1.807) is 42.5 Å². The Labute approximate surface area is 183 Å². The number of rotatable bonds is 4. The van der Waals surface area contributed by atoms with Crippen molar-refractivity contribution >= 4 is 27.9 Å². The molecule has 0 radical (unpaired) electrons. The molecule has 6 nitrogen and oxygen atoms in total. The van der Waals surface area contributed by atoms with E-state index in [1.807, 2.05) is 22.2 Å². The minimum Gasteiger partial charge on any atom is -0.322 e. The van der Waals surface area contributed by atoms with Gasteiger partial charge in [0.25, 0.3) is 5.91 Å². The smallest absolute Gasteiger partial charge is 0.322 e. The zero-order chi connectivity index (χ0) is 22.3. The Morgan fingerprint density at radius 1 is 1.03 bits per heavy atom. The zero-order valence-corrected chi connectivity index (χ0v) is 17.1. The summed E-state index contributed by atoms with van der Waals surface area (Å²) in [5.41, 5.74) is 0.476. The number of thiazole rings is 1. The van der Waals surface area contributed by atoms with Gasteiger partial charge in [-0.3, -0.25) is 9.20 Å². The van der Waals surface area contributed by atoms with E-state index >= 15 is 0 Å². The Morgan fingerprint density at radius 2 is 1.78 bits per heavy atom. The number of anilines is 1. The van der Waals surface area contributed by atoms with Gasteiger partial charge in [0.1, 0.15) is 0 Å². The number of para-hydroxylation sites is 1. The van der Waals surface area contributed by atoms with Gasteiger partial charge in [0.2, 0.25) is 0 Å². The molecule has 3 heterocycles. The van der Waals surface area contributed by atoms with Gasteiger partial charge in [-0.2, -0.15) is 18.3 Å². The molecule has 32 heavy (non-hydrogen) atoms. The molecule has 10 heteroatoms. The Balaban J connectivity index is 1.41. The minimum absolute atomic E-state index is 0.211. The number of benzene rings is 2. The fraction of sp³-hybridized carbons (Fsp3) is 0.0455. The van der Waals surface area contributed by atoms with Crippen molar-refractivity contribution < 1.29 is 18.0 Å². The number of carbonyl (C=O) groups is 1. The molecule has 0 bridgehead atoms. The number of alkyl halides is 3. The van der Waals surface area contributed by atoms with Crippen LogP contribution in [0.3, 0.4) is 0 Å². The lowest BCUT2D eigenvalue weighted by molar-refractivity contribution is -0.143. The quantitative estimate of drug-likeness (QED) is 0.390. The van der Waals surface area contributed by atoms with Gasteiger partial charge >= 0.3 is 6.18 Å². The number of fused-ring (bicyclic) bond motifs is 1. The van der Waals surface area contributed by atoms with E-state index in [2.05, 4.69) is 15.4 Å². The van der Waals surface area contributed by atoms with Crippen molar-refractivity contribution in [3.8, 4) is 16.9 Å². The monoisotopic (exact) mass is 453 g/mol. The van der Waals surface area contributed by atoms with Crippen molar-refractivity contribution in [1.82, 2.24) is 19.2 Å². The molecule has 0 saturated carbocycles. The van der Waals surface area contributed by atoms with Gasteiger partial charge in [-0.15, -0.1) is 11.3 Å². The minimum atomic E-state index is -4.77. The molecule has 0 spiro atoms. The van der Waals surface area contributed by atoms with Crippen molar-refractivity contribution in [2.45, 2.75) is 6.18 Å². The third kappa shape index (κ3) is 3.65. The van der Waals surface area contributed by atoms with E-state index in [9.17, 15) is 18.0 Å². The maximum Gasteiger partial charge on any atom is 0.434 e. The van der Waals surface area contributed by atoms with E-state index in [0.29, 0.717) is 5.69 Å². The second kappa shape index (κ2) is 7.65. The van der Waals surface area contributed by atoms with Gasteiger partial charge in [-0.25, -0.2) is 9.67 Å². The fourth-order valence-electron chi connectivity index (χ4n) is 3.34. The molecule has 160 valence electrons. The summed E-state index contributed by atoms with van der Waals surface area (Å²) >= 11 is 1.51. The number of nitrogens with one attached hydrogen (secondary N) is 1. The molecule has 5 aromatic rings. The summed E-state index contributed by atoms with van der Waals surface area (Å²) in [5, 5.41) is 8.26. The first-order chi connectivity index (χ1) is 15.4. The molecule has 0 fully saturated rings. The highest BCUT2D eigenvalue weighted by Gasteiger charge is 2.40. The van der Waals surface area contributed by atoms with Crippen LogP contribution in [0, 0.1) is 0 Å². The van der Waals surface area contributed by atoms with Crippen LogP contribution in [0.4, 0.5) is 18.9 Å². The topological polar surface area (TPSA) is 64.2 Å². The lowest BCUT2D eigenvalue weighted by Crippen LogP contribution is -2.20. The molecule has 0 atom stereocenters. The Kier molecular flexibility index (Phi) is 4.78. The number of halogens is 3. The Morgan fingerprint density at radius 3 is 2.47 bits per heavy atom. The molecule has 0 aliphatic carbocycles. The molecule has 1 N–H and O–H groups in total. The van der Waals surface area contributed by atoms with Gasteiger partial charge in [-0.05, 0) is 24.3 Å². The van der Waals surface area contributed by atoms with Crippen LogP contribution >= 0.6 is 11.3 Å². The standard InChI is InChI=1S/C22H14F3N5OS/c23-22(24,25)19-17(12-26-30(19)16-4-2-1-3-5-16)20(31)27-15-8-6-14(7-9-15)18-13-29-10-11-32-21(29)28-18/h1-13H,(H,27,31). The third-order valence-electron chi connectivity index (χ3n) is 4.81. The van der Waals surface area contributed by atoms with Crippen LogP contribution in [0.2, 0.25) is 0 Å². The van der Waals surface area contributed by atoms with Gasteiger partial charge in [0, 0.05) is 29.0 Å². The molecule has 1 amide bonds. The molecular weight excluding hydrogens is 439 g/mol. The summed E-state index contributed by atoms with van der Waals surface area (Å²) in [6, 6.07) is 14.6. The highest BCUT2D eigenvalue weighted by atomic mass is 32.1. The van der Waals surface area contributed by atoms with E-state index in [-0.39, 0.29) is 5.69 Å². The summed E-state index contributed by atoms with van der Waals surface area (Å²) in [7, 11) is 0. The van der Waals surface area contributed by atoms with Crippen LogP contribution < -0.4 is 5.32 Å². The lowest BCUT2D eigenvalue weighted by atomic mass is 10.1. The van der Waals surface area contributed by atoms with Gasteiger partial charge < -0.3 is 5.32 Å². The number of hydrogen-bond donors (Lipinski definition) is 1. The molecular formula is C22H14F3N5OS. The second-order valence-corrected chi connectivity index (χ2v) is 7.78. The van der Waals surface area contributed by atoms with E-state index in [4.69, 9.17) is 0 Å². The number of hydrogen-bond acceptors (Lipinski definition) is 4. The summed E-state index contributed by atoms with van der Waals surface area (Å²) < 4.78 is 44.0. The fourth-order valence-corrected chi connectivity index (χ4v) is 4.04. The first kappa shape index (κ1) is 20.0. The van der Waals surface area contributed by atoms with Gasteiger partial charge in [0.05, 0.1) is 23.1 Å². The summed E-state index contributed by atoms with van der Waals surface area (Å²) in [6.45, 7) is 0. The van der Waals surface area contributed by atoms with Crippen LogP contribution in [0.15, 0.2) is 78.6 Å². The molecule has 0 unspecified atom stereocenters. The van der Waals surface area contributed by atoms with Crippen molar-refractivity contribution in [2.75, 3.05) is 5.32 Å². The van der Waals surface area contributed by atoms with Crippen LogP contribution in [0.5, 0.6) is 0 Å².